The van der Waals surface area contributed by atoms with Crippen molar-refractivity contribution in [3.63, 3.8) is 0 Å². The van der Waals surface area contributed by atoms with E-state index < -0.39 is 36.4 Å². The lowest BCUT2D eigenvalue weighted by Crippen LogP contribution is -2.51. The number of benzene rings is 2. The molecule has 3 fully saturated rings. The summed E-state index contributed by atoms with van der Waals surface area (Å²) < 4.78 is 42.5. The van der Waals surface area contributed by atoms with Gasteiger partial charge in [-0.3, -0.25) is 4.79 Å². The molecule has 3 amide bonds. The fourth-order valence-electron chi connectivity index (χ4n) is 8.10. The van der Waals surface area contributed by atoms with Gasteiger partial charge in [0, 0.05) is 50.7 Å². The van der Waals surface area contributed by atoms with Crippen molar-refractivity contribution in [2.45, 2.75) is 81.1 Å². The number of aliphatic hydroxyl groups excluding tert-OH is 2. The number of alkyl halides is 3. The molecule has 1 aliphatic carbocycles. The maximum absolute atomic E-state index is 13.7. The number of carbonyl (C=O) groups excluding carboxylic acids is 2. The zero-order valence-corrected chi connectivity index (χ0v) is 31.2. The third kappa shape index (κ3) is 8.64. The third-order valence-electron chi connectivity index (χ3n) is 11.0. The summed E-state index contributed by atoms with van der Waals surface area (Å²) in [6.45, 7) is 3.99. The topological polar surface area (TPSA) is 213 Å². The number of nitrogens with one attached hydrogen (secondary N) is 4. The molecule has 19 heteroatoms. The SMILES string of the molecule is CCCN(C(=O)C(F)(F)F)[C@H]1C[C@@H](n2cnc3c(NCC(c4ccc(O)cc4)c4ccc(O)cc4)nc(N4CC[C@@H](NC(=O)NC5CCNC5)C4)nc32)[C@H](O)[C@@H]1O. The molecule has 2 aliphatic heterocycles. The smallest absolute Gasteiger partial charge is 0.471 e. The van der Waals surface area contributed by atoms with E-state index in [1.807, 2.05) is 4.90 Å². The number of amides is 3. The van der Waals surface area contributed by atoms with Gasteiger partial charge < -0.3 is 56.1 Å². The molecular formula is C38H47F3N10O6. The summed E-state index contributed by atoms with van der Waals surface area (Å²) in [5.74, 6) is -1.63. The highest BCUT2D eigenvalue weighted by Gasteiger charge is 2.51. The van der Waals surface area contributed by atoms with Crippen LogP contribution in [-0.2, 0) is 4.79 Å². The van der Waals surface area contributed by atoms with Crippen molar-refractivity contribution in [1.82, 2.24) is 40.4 Å². The van der Waals surface area contributed by atoms with Gasteiger partial charge >= 0.3 is 18.1 Å². The molecule has 7 rings (SSSR count). The van der Waals surface area contributed by atoms with Crippen molar-refractivity contribution in [3.05, 3.63) is 66.0 Å². The third-order valence-corrected chi connectivity index (χ3v) is 11.0. The molecular weight excluding hydrogens is 749 g/mol. The molecule has 16 nitrogen and oxygen atoms in total. The Morgan fingerprint density at radius 3 is 2.25 bits per heavy atom. The van der Waals surface area contributed by atoms with E-state index in [0.717, 1.165) is 24.1 Å². The molecule has 1 unspecified atom stereocenters. The number of urea groups is 1. The van der Waals surface area contributed by atoms with Gasteiger partial charge in [0.15, 0.2) is 17.0 Å². The van der Waals surface area contributed by atoms with Gasteiger partial charge in [0.1, 0.15) is 23.7 Å². The van der Waals surface area contributed by atoms with Crippen LogP contribution in [-0.4, -0.2) is 133 Å². The molecule has 2 saturated heterocycles. The molecule has 0 bridgehead atoms. The fraction of sp³-hybridized carbons (Fsp3) is 0.500. The van der Waals surface area contributed by atoms with E-state index in [0.29, 0.717) is 36.8 Å². The summed E-state index contributed by atoms with van der Waals surface area (Å²) in [6.07, 6.45) is -5.60. The Balaban J connectivity index is 1.21. The number of aromatic nitrogens is 4. The Morgan fingerprint density at radius 1 is 0.965 bits per heavy atom. The second kappa shape index (κ2) is 16.6. The summed E-state index contributed by atoms with van der Waals surface area (Å²) in [4.78, 5) is 42.1. The highest BCUT2D eigenvalue weighted by Crippen LogP contribution is 2.39. The number of anilines is 2. The molecule has 306 valence electrons. The minimum atomic E-state index is -5.17. The number of aliphatic hydroxyl groups is 2. The number of phenols is 2. The number of phenolic OH excluding ortho intramolecular Hbond substituents is 2. The molecule has 8 N–H and O–H groups in total. The van der Waals surface area contributed by atoms with Crippen molar-refractivity contribution in [1.29, 1.82) is 0 Å². The van der Waals surface area contributed by atoms with Crippen molar-refractivity contribution in [2.75, 3.05) is 49.5 Å². The number of hydrogen-bond donors (Lipinski definition) is 8. The second-order valence-corrected chi connectivity index (χ2v) is 14.9. The molecule has 3 aliphatic rings. The number of fused-ring (bicyclic) bond motifs is 1. The standard InChI is InChI=1S/C38H47F3N10O6/c1-2-14-50(35(56)38(39,40)41)28-16-29(32(55)31(28)54)51-20-44-30-33(43-18-27(21-3-7-25(52)8-4-21)22-5-9-26(53)10-6-22)47-36(48-34(30)51)49-15-12-24(19-49)46-37(57)45-23-11-13-42-17-23/h3-10,20,23-24,27-29,31-32,42,52-55H,2,11-19H2,1H3,(H,43,47,48)(H2,45,46,57)/t23?,24-,28+,29-,31-,32+/m1/s1. The van der Waals surface area contributed by atoms with Crippen LogP contribution in [0.5, 0.6) is 11.5 Å². The van der Waals surface area contributed by atoms with Crippen LogP contribution < -0.4 is 26.2 Å². The summed E-state index contributed by atoms with van der Waals surface area (Å²) in [7, 11) is 0. The van der Waals surface area contributed by atoms with Crippen LogP contribution in [0.3, 0.4) is 0 Å². The number of hydrogen-bond acceptors (Lipinski definition) is 12. The van der Waals surface area contributed by atoms with Gasteiger partial charge in [-0.25, -0.2) is 9.78 Å². The van der Waals surface area contributed by atoms with E-state index in [2.05, 4.69) is 26.3 Å². The highest BCUT2D eigenvalue weighted by molar-refractivity contribution is 5.85. The summed E-state index contributed by atoms with van der Waals surface area (Å²) in [5, 5.41) is 55.1. The second-order valence-electron chi connectivity index (χ2n) is 14.9. The van der Waals surface area contributed by atoms with Gasteiger partial charge in [-0.1, -0.05) is 31.2 Å². The Bertz CT molecular complexity index is 1980. The molecule has 4 heterocycles. The average Bonchev–Trinajstić information content (AvgIpc) is 4.00. The van der Waals surface area contributed by atoms with Crippen molar-refractivity contribution >= 4 is 34.9 Å². The molecule has 0 spiro atoms. The van der Waals surface area contributed by atoms with E-state index in [9.17, 15) is 43.2 Å². The zero-order chi connectivity index (χ0) is 40.4. The lowest BCUT2D eigenvalue weighted by atomic mass is 9.91. The molecule has 2 aromatic carbocycles. The molecule has 57 heavy (non-hydrogen) atoms. The Kier molecular flexibility index (Phi) is 11.6. The monoisotopic (exact) mass is 796 g/mol. The molecule has 2 aromatic heterocycles. The number of aromatic hydroxyl groups is 2. The number of halogens is 3. The van der Waals surface area contributed by atoms with Gasteiger partial charge in [-0.15, -0.1) is 0 Å². The number of carbonyl (C=O) groups is 2. The molecule has 0 radical (unpaired) electrons. The Morgan fingerprint density at radius 2 is 1.63 bits per heavy atom. The first-order chi connectivity index (χ1) is 27.3. The van der Waals surface area contributed by atoms with E-state index in [1.165, 1.54) is 10.9 Å². The molecule has 1 saturated carbocycles. The van der Waals surface area contributed by atoms with E-state index in [4.69, 9.17) is 9.97 Å². The predicted octanol–water partition coefficient (Wildman–Crippen LogP) is 2.56. The van der Waals surface area contributed by atoms with E-state index in [-0.39, 0.29) is 78.6 Å². The average molecular weight is 797 g/mol. The highest BCUT2D eigenvalue weighted by atomic mass is 19.4. The number of rotatable bonds is 12. The minimum Gasteiger partial charge on any atom is -0.508 e. The maximum atomic E-state index is 13.7. The first-order valence-electron chi connectivity index (χ1n) is 19.1. The van der Waals surface area contributed by atoms with Crippen molar-refractivity contribution < 1.29 is 43.2 Å². The summed E-state index contributed by atoms with van der Waals surface area (Å²) >= 11 is 0. The van der Waals surface area contributed by atoms with Crippen LogP contribution in [0.1, 0.15) is 55.7 Å². The quantitative estimate of drug-likeness (QED) is 0.104. The number of nitrogens with zero attached hydrogens (tertiary/aromatic N) is 6. The van der Waals surface area contributed by atoms with Gasteiger partial charge in [0.25, 0.3) is 0 Å². The fourth-order valence-corrected chi connectivity index (χ4v) is 8.10. The van der Waals surface area contributed by atoms with Gasteiger partial charge in [0.2, 0.25) is 5.95 Å². The van der Waals surface area contributed by atoms with Crippen molar-refractivity contribution in [2.24, 2.45) is 0 Å². The van der Waals surface area contributed by atoms with Gasteiger partial charge in [0.05, 0.1) is 18.4 Å². The van der Waals surface area contributed by atoms with E-state index in [1.54, 1.807) is 55.5 Å². The van der Waals surface area contributed by atoms with Crippen LogP contribution in [0.15, 0.2) is 54.9 Å². The molecule has 6 atom stereocenters. The summed E-state index contributed by atoms with van der Waals surface area (Å²) in [5.41, 5.74) is 2.22. The van der Waals surface area contributed by atoms with Gasteiger partial charge in [-0.2, -0.15) is 23.1 Å². The first-order valence-corrected chi connectivity index (χ1v) is 19.1. The van der Waals surface area contributed by atoms with Crippen LogP contribution in [0, 0.1) is 0 Å². The molecule has 4 aromatic rings. The zero-order valence-electron chi connectivity index (χ0n) is 31.2. The van der Waals surface area contributed by atoms with Crippen LogP contribution >= 0.6 is 0 Å². The lowest BCUT2D eigenvalue weighted by Gasteiger charge is -2.31. The largest absolute Gasteiger partial charge is 0.508 e. The maximum Gasteiger partial charge on any atom is 0.471 e. The first kappa shape index (κ1) is 39.8. The van der Waals surface area contributed by atoms with E-state index >= 15 is 0 Å². The lowest BCUT2D eigenvalue weighted by molar-refractivity contribution is -0.190. The van der Waals surface area contributed by atoms with Gasteiger partial charge in [-0.05, 0) is 67.6 Å². The predicted molar refractivity (Wildman–Crippen MR) is 203 cm³/mol. The van der Waals surface area contributed by atoms with Crippen LogP contribution in [0.4, 0.5) is 29.7 Å². The number of imidazole rings is 1. The minimum absolute atomic E-state index is 0.0406. The van der Waals surface area contributed by atoms with Crippen LogP contribution in [0.25, 0.3) is 11.2 Å². The van der Waals surface area contributed by atoms with Crippen LogP contribution in [0.2, 0.25) is 0 Å². The Labute approximate surface area is 326 Å². The summed E-state index contributed by atoms with van der Waals surface area (Å²) in [6, 6.07) is 10.7. The van der Waals surface area contributed by atoms with Crippen molar-refractivity contribution in [3.8, 4) is 11.5 Å². The normalized spacial score (nSPS) is 23.7. The Hall–Kier alpha value is -5.40.